The first kappa shape index (κ1) is 15.2. The number of nitro groups is 1. The van der Waals surface area contributed by atoms with Crippen molar-refractivity contribution in [1.29, 1.82) is 0 Å². The second-order valence-electron chi connectivity index (χ2n) is 3.73. The predicted octanol–water partition coefficient (Wildman–Crippen LogP) is 2.15. The molecule has 1 aromatic rings. The number of nitro benzene ring substituents is 1. The summed E-state index contributed by atoms with van der Waals surface area (Å²) in [6, 6.07) is 4.48. The molecule has 1 unspecified atom stereocenters. The highest BCUT2D eigenvalue weighted by atomic mass is 35.5. The second kappa shape index (κ2) is 6.91. The number of anilines is 1. The van der Waals surface area contributed by atoms with Gasteiger partial charge in [0.15, 0.2) is 0 Å². The first-order valence-corrected chi connectivity index (χ1v) is 5.75. The highest BCUT2D eigenvalue weighted by Crippen LogP contribution is 2.32. The molecule has 0 aliphatic heterocycles. The minimum Gasteiger partial charge on any atom is -0.481 e. The summed E-state index contributed by atoms with van der Waals surface area (Å²) in [6.45, 7) is 0.129. The van der Waals surface area contributed by atoms with Crippen LogP contribution in [0.4, 0.5) is 11.4 Å². The van der Waals surface area contributed by atoms with Crippen molar-refractivity contribution in [3.63, 3.8) is 0 Å². The van der Waals surface area contributed by atoms with E-state index in [4.69, 9.17) is 21.4 Å². The Kier molecular flexibility index (Phi) is 5.53. The lowest BCUT2D eigenvalue weighted by Gasteiger charge is -2.15. The number of para-hydroxylation sites is 1. The molecule has 0 amide bonds. The highest BCUT2D eigenvalue weighted by Gasteiger charge is 2.19. The number of nitrogens with one attached hydrogen (secondary N) is 1. The predicted molar refractivity (Wildman–Crippen MR) is 69.6 cm³/mol. The van der Waals surface area contributed by atoms with Crippen LogP contribution in [0.15, 0.2) is 18.2 Å². The van der Waals surface area contributed by atoms with Crippen LogP contribution in [0.5, 0.6) is 0 Å². The van der Waals surface area contributed by atoms with Crippen LogP contribution in [0.3, 0.4) is 0 Å². The van der Waals surface area contributed by atoms with Crippen molar-refractivity contribution in [3.8, 4) is 0 Å². The molecule has 8 heteroatoms. The molecule has 0 aromatic heterocycles. The third-order valence-corrected chi connectivity index (χ3v) is 2.73. The van der Waals surface area contributed by atoms with Crippen molar-refractivity contribution in [1.82, 2.24) is 0 Å². The topological polar surface area (TPSA) is 102 Å². The maximum atomic E-state index is 10.9. The maximum Gasteiger partial charge on any atom is 0.310 e. The lowest BCUT2D eigenvalue weighted by molar-refractivity contribution is -0.383. The Hall–Kier alpha value is -1.86. The quantitative estimate of drug-likeness (QED) is 0.589. The molecule has 0 radical (unpaired) electrons. The molecule has 0 saturated carbocycles. The molecule has 104 valence electrons. The standard InChI is InChI=1S/C11H13ClN2O5/c1-19-7(5-10(15)16)6-13-9-4-2-3-8(12)11(9)14(17)18/h2-4,7,13H,5-6H2,1H3,(H,15,16). The molecule has 7 nitrogen and oxygen atoms in total. The molecular formula is C11H13ClN2O5. The van der Waals surface area contributed by atoms with Crippen molar-refractivity contribution >= 4 is 28.9 Å². The average molecular weight is 289 g/mol. The summed E-state index contributed by atoms with van der Waals surface area (Å²) in [7, 11) is 1.38. The van der Waals surface area contributed by atoms with Crippen LogP contribution in [0.25, 0.3) is 0 Å². The van der Waals surface area contributed by atoms with E-state index in [2.05, 4.69) is 5.32 Å². The van der Waals surface area contributed by atoms with Gasteiger partial charge in [0.05, 0.1) is 17.4 Å². The van der Waals surface area contributed by atoms with E-state index in [-0.39, 0.29) is 29.4 Å². The van der Waals surface area contributed by atoms with Gasteiger partial charge in [0.1, 0.15) is 10.7 Å². The smallest absolute Gasteiger partial charge is 0.310 e. The van der Waals surface area contributed by atoms with Crippen LogP contribution in [0.2, 0.25) is 5.02 Å². The molecule has 0 heterocycles. The fourth-order valence-electron chi connectivity index (χ4n) is 1.50. The van der Waals surface area contributed by atoms with E-state index in [1.807, 2.05) is 0 Å². The summed E-state index contributed by atoms with van der Waals surface area (Å²) in [5.74, 6) is -1.01. The summed E-state index contributed by atoms with van der Waals surface area (Å²) < 4.78 is 4.97. The molecule has 0 bridgehead atoms. The van der Waals surface area contributed by atoms with Crippen molar-refractivity contribution in [3.05, 3.63) is 33.3 Å². The number of hydrogen-bond acceptors (Lipinski definition) is 5. The van der Waals surface area contributed by atoms with E-state index in [1.165, 1.54) is 19.2 Å². The highest BCUT2D eigenvalue weighted by molar-refractivity contribution is 6.33. The van der Waals surface area contributed by atoms with Gasteiger partial charge in [-0.05, 0) is 12.1 Å². The minimum absolute atomic E-state index is 0.0159. The zero-order valence-corrected chi connectivity index (χ0v) is 10.9. The number of benzene rings is 1. The Morgan fingerprint density at radius 1 is 1.63 bits per heavy atom. The van der Waals surface area contributed by atoms with Crippen LogP contribution in [-0.4, -0.2) is 35.8 Å². The summed E-state index contributed by atoms with van der Waals surface area (Å²) in [6.07, 6.45) is -0.784. The third kappa shape index (κ3) is 4.38. The van der Waals surface area contributed by atoms with E-state index in [0.717, 1.165) is 0 Å². The van der Waals surface area contributed by atoms with Gasteiger partial charge in [-0.1, -0.05) is 17.7 Å². The molecule has 1 aromatic carbocycles. The van der Waals surface area contributed by atoms with Gasteiger partial charge < -0.3 is 15.2 Å². The minimum atomic E-state index is -1.01. The van der Waals surface area contributed by atoms with Gasteiger partial charge in [-0.2, -0.15) is 0 Å². The summed E-state index contributed by atoms with van der Waals surface area (Å²) >= 11 is 5.75. The van der Waals surface area contributed by atoms with Gasteiger partial charge in [0.25, 0.3) is 0 Å². The number of carbonyl (C=O) groups is 1. The van der Waals surface area contributed by atoms with Gasteiger partial charge in [-0.15, -0.1) is 0 Å². The van der Waals surface area contributed by atoms with Gasteiger partial charge in [-0.3, -0.25) is 14.9 Å². The third-order valence-electron chi connectivity index (χ3n) is 2.43. The Morgan fingerprint density at radius 3 is 2.84 bits per heavy atom. The number of methoxy groups -OCH3 is 1. The molecule has 0 aliphatic rings. The number of hydrogen-bond donors (Lipinski definition) is 2. The van der Waals surface area contributed by atoms with E-state index in [9.17, 15) is 14.9 Å². The van der Waals surface area contributed by atoms with Crippen molar-refractivity contribution in [2.75, 3.05) is 19.0 Å². The largest absolute Gasteiger partial charge is 0.481 e. The van der Waals surface area contributed by atoms with Gasteiger partial charge in [0, 0.05) is 13.7 Å². The van der Waals surface area contributed by atoms with Crippen LogP contribution in [0.1, 0.15) is 6.42 Å². The normalized spacial score (nSPS) is 11.9. The average Bonchev–Trinajstić information content (AvgIpc) is 2.33. The molecule has 19 heavy (non-hydrogen) atoms. The molecule has 0 saturated heterocycles. The first-order valence-electron chi connectivity index (χ1n) is 5.37. The number of carboxylic acids is 1. The van der Waals surface area contributed by atoms with E-state index >= 15 is 0 Å². The number of aliphatic carboxylic acids is 1. The number of ether oxygens (including phenoxy) is 1. The molecular weight excluding hydrogens is 276 g/mol. The Labute approximate surface area is 114 Å². The Morgan fingerprint density at radius 2 is 2.32 bits per heavy atom. The lowest BCUT2D eigenvalue weighted by atomic mass is 10.2. The van der Waals surface area contributed by atoms with Crippen LogP contribution < -0.4 is 5.32 Å². The molecule has 0 spiro atoms. The zero-order chi connectivity index (χ0) is 14.4. The van der Waals surface area contributed by atoms with Gasteiger partial charge in [0.2, 0.25) is 0 Å². The van der Waals surface area contributed by atoms with E-state index in [1.54, 1.807) is 6.07 Å². The summed E-state index contributed by atoms with van der Waals surface area (Å²) in [4.78, 5) is 20.9. The van der Waals surface area contributed by atoms with Crippen LogP contribution >= 0.6 is 11.6 Å². The van der Waals surface area contributed by atoms with Crippen LogP contribution in [-0.2, 0) is 9.53 Å². The van der Waals surface area contributed by atoms with Crippen molar-refractivity contribution in [2.45, 2.75) is 12.5 Å². The summed E-state index contributed by atoms with van der Waals surface area (Å²) in [5.41, 5.74) is -0.0146. The number of rotatable bonds is 7. The number of carboxylic acid groups (broad SMARTS) is 1. The first-order chi connectivity index (χ1) is 8.95. The summed E-state index contributed by atoms with van der Waals surface area (Å²) in [5, 5.41) is 22.3. The molecule has 1 rings (SSSR count). The zero-order valence-electron chi connectivity index (χ0n) is 10.1. The molecule has 2 N–H and O–H groups in total. The van der Waals surface area contributed by atoms with Crippen molar-refractivity contribution < 1.29 is 19.6 Å². The molecule has 1 atom stereocenters. The lowest BCUT2D eigenvalue weighted by Crippen LogP contribution is -2.25. The fourth-order valence-corrected chi connectivity index (χ4v) is 1.74. The monoisotopic (exact) mass is 288 g/mol. The van der Waals surface area contributed by atoms with E-state index in [0.29, 0.717) is 0 Å². The Bertz CT molecular complexity index is 480. The number of nitrogens with zero attached hydrogens (tertiary/aromatic N) is 1. The second-order valence-corrected chi connectivity index (χ2v) is 4.14. The van der Waals surface area contributed by atoms with Gasteiger partial charge in [-0.25, -0.2) is 0 Å². The fraction of sp³-hybridized carbons (Fsp3) is 0.364. The maximum absolute atomic E-state index is 10.9. The van der Waals surface area contributed by atoms with Gasteiger partial charge >= 0.3 is 11.7 Å². The number of halogens is 1. The SMILES string of the molecule is COC(CNc1cccc(Cl)c1[N+](=O)[O-])CC(=O)O. The molecule has 0 aliphatic carbocycles. The Balaban J connectivity index is 2.79. The van der Waals surface area contributed by atoms with E-state index < -0.39 is 17.0 Å². The van der Waals surface area contributed by atoms with Crippen molar-refractivity contribution in [2.24, 2.45) is 0 Å². The molecule has 0 fully saturated rings. The van der Waals surface area contributed by atoms with Crippen LogP contribution in [0, 0.1) is 10.1 Å².